The second kappa shape index (κ2) is 7.35. The van der Waals surface area contributed by atoms with Crippen molar-refractivity contribution >= 4 is 11.6 Å². The number of rotatable bonds is 2. The van der Waals surface area contributed by atoms with E-state index in [4.69, 9.17) is 4.52 Å². The van der Waals surface area contributed by atoms with Gasteiger partial charge in [0, 0.05) is 24.1 Å². The largest absolute Gasteiger partial charge is 0.433 e. The quantitative estimate of drug-likeness (QED) is 0.583. The van der Waals surface area contributed by atoms with Crippen LogP contribution in [0.3, 0.4) is 0 Å². The van der Waals surface area contributed by atoms with Crippen molar-refractivity contribution in [1.29, 1.82) is 0 Å². The highest BCUT2D eigenvalue weighted by Crippen LogP contribution is 2.36. The third kappa shape index (κ3) is 4.03. The summed E-state index contributed by atoms with van der Waals surface area (Å²) in [5, 5.41) is 8.01. The lowest BCUT2D eigenvalue weighted by Crippen LogP contribution is -2.38. The van der Waals surface area contributed by atoms with Crippen LogP contribution in [0.25, 0.3) is 5.65 Å². The number of likely N-dealkylation sites (tertiary alicyclic amines) is 1. The summed E-state index contributed by atoms with van der Waals surface area (Å²) >= 11 is 0. The lowest BCUT2D eigenvalue weighted by Gasteiger charge is -2.33. The van der Waals surface area contributed by atoms with Gasteiger partial charge in [0.15, 0.2) is 5.65 Å². The maximum Gasteiger partial charge on any atom is 0.433 e. The van der Waals surface area contributed by atoms with Crippen LogP contribution >= 0.6 is 0 Å². The first-order chi connectivity index (χ1) is 14.4. The summed E-state index contributed by atoms with van der Waals surface area (Å²) in [6.45, 7) is 7.61. The Morgan fingerprint density at radius 2 is 1.90 bits per heavy atom. The van der Waals surface area contributed by atoms with Gasteiger partial charge in [-0.05, 0) is 32.3 Å². The monoisotopic (exact) mass is 435 g/mol. The molecular weight excluding hydrogens is 411 g/mol. The van der Waals surface area contributed by atoms with Crippen molar-refractivity contribution < 1.29 is 22.5 Å². The molecule has 0 aromatic carbocycles. The van der Waals surface area contributed by atoms with Gasteiger partial charge in [0.05, 0.1) is 23.1 Å². The van der Waals surface area contributed by atoms with E-state index in [9.17, 15) is 18.0 Å². The molecule has 4 heterocycles. The standard InChI is InChI=1S/C21H24F3N5O2/c1-12-9-15(31-27-12)19(30)28-8-6-5-7-14(28)13-10-18-25-16(20(2,3)4)11-17(21(22,23)24)29(18)26-13/h9-11,14H,5-8H2,1-4H3/t14-/m0/s1. The summed E-state index contributed by atoms with van der Waals surface area (Å²) < 4.78 is 47.3. The van der Waals surface area contributed by atoms with E-state index in [0.29, 0.717) is 30.0 Å². The van der Waals surface area contributed by atoms with E-state index in [1.54, 1.807) is 24.0 Å². The second-order valence-corrected chi connectivity index (χ2v) is 8.96. The van der Waals surface area contributed by atoms with Crippen LogP contribution in [0.4, 0.5) is 13.2 Å². The Morgan fingerprint density at radius 1 is 1.16 bits per heavy atom. The highest BCUT2D eigenvalue weighted by atomic mass is 19.4. The minimum atomic E-state index is -4.59. The molecule has 166 valence electrons. The van der Waals surface area contributed by atoms with Crippen molar-refractivity contribution in [2.24, 2.45) is 0 Å². The SMILES string of the molecule is Cc1cc(C(=O)N2CCCC[C@H]2c2cc3nc(C(C)(C)C)cc(C(F)(F)F)n3n2)on1. The van der Waals surface area contributed by atoms with Crippen molar-refractivity contribution in [1.82, 2.24) is 24.7 Å². The van der Waals surface area contributed by atoms with Crippen LogP contribution in [0.1, 0.15) is 79.4 Å². The molecule has 0 aliphatic carbocycles. The second-order valence-electron chi connectivity index (χ2n) is 8.96. The Bertz CT molecular complexity index is 1130. The smallest absolute Gasteiger partial charge is 0.351 e. The fourth-order valence-electron chi connectivity index (χ4n) is 3.83. The first kappa shape index (κ1) is 21.3. The number of alkyl halides is 3. The lowest BCUT2D eigenvalue weighted by molar-refractivity contribution is -0.142. The van der Waals surface area contributed by atoms with E-state index >= 15 is 0 Å². The average molecular weight is 435 g/mol. The van der Waals surface area contributed by atoms with E-state index in [-0.39, 0.29) is 17.3 Å². The molecule has 10 heteroatoms. The molecule has 3 aromatic heterocycles. The van der Waals surface area contributed by atoms with Gasteiger partial charge in [-0.3, -0.25) is 4.79 Å². The molecule has 0 unspecified atom stereocenters. The zero-order valence-corrected chi connectivity index (χ0v) is 17.8. The highest BCUT2D eigenvalue weighted by Gasteiger charge is 2.38. The van der Waals surface area contributed by atoms with Crippen LogP contribution in [0.5, 0.6) is 0 Å². The Balaban J connectivity index is 1.80. The molecule has 0 saturated carbocycles. The van der Waals surface area contributed by atoms with E-state index in [1.807, 2.05) is 20.8 Å². The van der Waals surface area contributed by atoms with Gasteiger partial charge in [-0.15, -0.1) is 0 Å². The highest BCUT2D eigenvalue weighted by molar-refractivity contribution is 5.91. The van der Waals surface area contributed by atoms with Gasteiger partial charge in [0.1, 0.15) is 5.69 Å². The van der Waals surface area contributed by atoms with Crippen LogP contribution < -0.4 is 0 Å². The van der Waals surface area contributed by atoms with E-state index in [1.165, 1.54) is 0 Å². The molecule has 4 rings (SSSR count). The van der Waals surface area contributed by atoms with Crippen LogP contribution in [0.2, 0.25) is 0 Å². The van der Waals surface area contributed by atoms with Crippen LogP contribution in [0, 0.1) is 6.92 Å². The number of carbonyl (C=O) groups is 1. The number of hydrogen-bond donors (Lipinski definition) is 0. The molecule has 1 amide bonds. The molecular formula is C21H24F3N5O2. The number of fused-ring (bicyclic) bond motifs is 1. The van der Waals surface area contributed by atoms with E-state index in [0.717, 1.165) is 23.4 Å². The van der Waals surface area contributed by atoms with Crippen LogP contribution in [-0.2, 0) is 11.6 Å². The predicted octanol–water partition coefficient (Wildman–Crippen LogP) is 4.71. The Hall–Kier alpha value is -2.91. The number of nitrogens with zero attached hydrogens (tertiary/aromatic N) is 5. The first-order valence-electron chi connectivity index (χ1n) is 10.2. The van der Waals surface area contributed by atoms with Gasteiger partial charge < -0.3 is 9.42 Å². The van der Waals surface area contributed by atoms with Gasteiger partial charge in [0.2, 0.25) is 5.76 Å². The van der Waals surface area contributed by atoms with E-state index in [2.05, 4.69) is 15.2 Å². The van der Waals surface area contributed by atoms with Crippen LogP contribution in [0.15, 0.2) is 22.7 Å². The predicted molar refractivity (Wildman–Crippen MR) is 106 cm³/mol. The molecule has 7 nitrogen and oxygen atoms in total. The first-order valence-corrected chi connectivity index (χ1v) is 10.2. The normalized spacial score (nSPS) is 18.0. The Labute approximate surface area is 177 Å². The van der Waals surface area contributed by atoms with Crippen molar-refractivity contribution in [3.05, 3.63) is 46.7 Å². The summed E-state index contributed by atoms with van der Waals surface area (Å²) in [6.07, 6.45) is -2.37. The molecule has 1 aliphatic rings. The minimum absolute atomic E-state index is 0.109. The molecule has 31 heavy (non-hydrogen) atoms. The Morgan fingerprint density at radius 3 is 2.52 bits per heavy atom. The molecule has 1 fully saturated rings. The molecule has 1 saturated heterocycles. The van der Waals surface area contributed by atoms with Gasteiger partial charge in [-0.2, -0.15) is 18.3 Å². The fraction of sp³-hybridized carbons (Fsp3) is 0.524. The molecule has 0 spiro atoms. The number of hydrogen-bond acceptors (Lipinski definition) is 5. The maximum atomic E-state index is 13.8. The third-order valence-corrected chi connectivity index (χ3v) is 5.45. The van der Waals surface area contributed by atoms with Crippen molar-refractivity contribution in [2.75, 3.05) is 6.54 Å². The molecule has 0 radical (unpaired) electrons. The topological polar surface area (TPSA) is 76.5 Å². The molecule has 3 aromatic rings. The number of carbonyl (C=O) groups excluding carboxylic acids is 1. The van der Waals surface area contributed by atoms with Crippen molar-refractivity contribution in [3.63, 3.8) is 0 Å². The van der Waals surface area contributed by atoms with Gasteiger partial charge in [-0.25, -0.2) is 9.50 Å². The lowest BCUT2D eigenvalue weighted by atomic mass is 9.91. The number of piperidine rings is 1. The van der Waals surface area contributed by atoms with Crippen molar-refractivity contribution in [3.8, 4) is 0 Å². The van der Waals surface area contributed by atoms with Gasteiger partial charge in [-0.1, -0.05) is 25.9 Å². The molecule has 1 atom stereocenters. The summed E-state index contributed by atoms with van der Waals surface area (Å²) in [6, 6.07) is 3.68. The summed E-state index contributed by atoms with van der Waals surface area (Å²) in [5.74, 6) is -0.237. The maximum absolute atomic E-state index is 13.8. The van der Waals surface area contributed by atoms with Gasteiger partial charge >= 0.3 is 6.18 Å². The van der Waals surface area contributed by atoms with Gasteiger partial charge in [0.25, 0.3) is 5.91 Å². The number of amides is 1. The average Bonchev–Trinajstić information content (AvgIpc) is 3.31. The number of halogens is 3. The Kier molecular flexibility index (Phi) is 5.06. The zero-order valence-electron chi connectivity index (χ0n) is 17.8. The summed E-state index contributed by atoms with van der Waals surface area (Å²) in [5.41, 5.74) is -0.0425. The molecule has 1 aliphatic heterocycles. The molecule has 0 bridgehead atoms. The van der Waals surface area contributed by atoms with E-state index < -0.39 is 23.3 Å². The zero-order chi connectivity index (χ0) is 22.6. The number of aromatic nitrogens is 4. The fourth-order valence-corrected chi connectivity index (χ4v) is 3.83. The summed E-state index contributed by atoms with van der Waals surface area (Å²) in [4.78, 5) is 19.0. The number of aryl methyl sites for hydroxylation is 1. The minimum Gasteiger partial charge on any atom is -0.351 e. The third-order valence-electron chi connectivity index (χ3n) is 5.45. The van der Waals surface area contributed by atoms with Crippen LogP contribution in [-0.4, -0.2) is 37.1 Å². The summed E-state index contributed by atoms with van der Waals surface area (Å²) in [7, 11) is 0. The molecule has 0 N–H and O–H groups in total. The van der Waals surface area contributed by atoms with Crippen molar-refractivity contribution in [2.45, 2.75) is 64.6 Å².